The van der Waals surface area contributed by atoms with E-state index in [1.54, 1.807) is 12.1 Å². The van der Waals surface area contributed by atoms with Crippen molar-refractivity contribution < 1.29 is 14.3 Å². The summed E-state index contributed by atoms with van der Waals surface area (Å²) in [5.41, 5.74) is 1.42. The molecule has 3 aromatic rings. The second-order valence-electron chi connectivity index (χ2n) is 4.94. The Morgan fingerprint density at radius 2 is 1.88 bits per heavy atom. The van der Waals surface area contributed by atoms with Gasteiger partial charge in [0.2, 0.25) is 11.9 Å². The number of halogens is 1. The van der Waals surface area contributed by atoms with Gasteiger partial charge in [0, 0.05) is 15.6 Å². The average Bonchev–Trinajstić information content (AvgIpc) is 3.23. The van der Waals surface area contributed by atoms with Crippen molar-refractivity contribution in [2.75, 3.05) is 12.1 Å². The molecule has 2 heterocycles. The summed E-state index contributed by atoms with van der Waals surface area (Å²) >= 11 is 4.64. The molecule has 4 rings (SSSR count). The minimum Gasteiger partial charge on any atom is -0.454 e. The topological polar surface area (TPSA) is 73.3 Å². The van der Waals surface area contributed by atoms with E-state index in [4.69, 9.17) is 9.47 Å². The number of aromatic nitrogens is 2. The molecule has 0 bridgehead atoms. The molecule has 2 aromatic carbocycles. The molecule has 1 aliphatic heterocycles. The number of benzene rings is 2. The molecule has 0 unspecified atom stereocenters. The van der Waals surface area contributed by atoms with Crippen LogP contribution in [0.15, 0.2) is 46.9 Å². The van der Waals surface area contributed by atoms with Crippen LogP contribution < -0.4 is 14.8 Å². The highest BCUT2D eigenvalue weighted by Crippen LogP contribution is 2.37. The van der Waals surface area contributed by atoms with Gasteiger partial charge in [0.1, 0.15) is 5.01 Å². The minimum absolute atomic E-state index is 0.226. The van der Waals surface area contributed by atoms with Crippen LogP contribution in [0.4, 0.5) is 5.13 Å². The number of fused-ring (bicyclic) bond motifs is 1. The maximum atomic E-state index is 12.2. The van der Waals surface area contributed by atoms with E-state index in [1.807, 2.05) is 30.3 Å². The van der Waals surface area contributed by atoms with Gasteiger partial charge in [-0.3, -0.25) is 10.1 Å². The number of nitrogens with zero attached hydrogens (tertiary/aromatic N) is 2. The molecule has 1 amide bonds. The molecule has 0 spiro atoms. The van der Waals surface area contributed by atoms with Crippen molar-refractivity contribution in [3.63, 3.8) is 0 Å². The number of carbonyl (C=O) groups is 1. The van der Waals surface area contributed by atoms with E-state index < -0.39 is 0 Å². The first kappa shape index (κ1) is 15.1. The Morgan fingerprint density at radius 3 is 2.71 bits per heavy atom. The van der Waals surface area contributed by atoms with Crippen molar-refractivity contribution in [1.82, 2.24) is 10.2 Å². The van der Waals surface area contributed by atoms with Crippen molar-refractivity contribution in [2.24, 2.45) is 0 Å². The van der Waals surface area contributed by atoms with E-state index in [1.165, 1.54) is 11.3 Å². The Labute approximate surface area is 149 Å². The van der Waals surface area contributed by atoms with E-state index in [0.717, 1.165) is 10.0 Å². The smallest absolute Gasteiger partial charge is 0.257 e. The van der Waals surface area contributed by atoms with Gasteiger partial charge >= 0.3 is 0 Å². The monoisotopic (exact) mass is 403 g/mol. The summed E-state index contributed by atoms with van der Waals surface area (Å²) in [6, 6.07) is 12.7. The van der Waals surface area contributed by atoms with Crippen LogP contribution in [-0.2, 0) is 0 Å². The first-order chi connectivity index (χ1) is 11.7. The summed E-state index contributed by atoms with van der Waals surface area (Å²) in [4.78, 5) is 12.2. The molecular weight excluding hydrogens is 394 g/mol. The van der Waals surface area contributed by atoms with E-state index in [9.17, 15) is 4.79 Å². The van der Waals surface area contributed by atoms with Crippen LogP contribution >= 0.6 is 27.3 Å². The number of rotatable bonds is 3. The first-order valence-electron chi connectivity index (χ1n) is 6.99. The third-order valence-electron chi connectivity index (χ3n) is 3.37. The summed E-state index contributed by atoms with van der Waals surface area (Å²) < 4.78 is 11.6. The highest BCUT2D eigenvalue weighted by molar-refractivity contribution is 9.10. The summed E-state index contributed by atoms with van der Waals surface area (Å²) in [6.07, 6.45) is 0. The van der Waals surface area contributed by atoms with Crippen LogP contribution in [0.1, 0.15) is 10.4 Å². The lowest BCUT2D eigenvalue weighted by Gasteiger charge is -2.01. The van der Waals surface area contributed by atoms with Crippen LogP contribution in [0.3, 0.4) is 0 Å². The van der Waals surface area contributed by atoms with Gasteiger partial charge in [-0.05, 0) is 42.5 Å². The zero-order valence-corrected chi connectivity index (χ0v) is 14.6. The maximum Gasteiger partial charge on any atom is 0.257 e. The van der Waals surface area contributed by atoms with Crippen LogP contribution in [-0.4, -0.2) is 22.9 Å². The molecule has 0 aliphatic carbocycles. The summed E-state index contributed by atoms with van der Waals surface area (Å²) in [5, 5.41) is 12.0. The standard InChI is InChI=1S/C16H10BrN3O3S/c17-11-4-1-9(2-5-11)14(21)18-16-20-19-15(24-16)10-3-6-12-13(7-10)23-8-22-12/h1-7H,8H2,(H,18,20,21). The molecule has 0 atom stereocenters. The van der Waals surface area contributed by atoms with Gasteiger partial charge in [0.05, 0.1) is 0 Å². The van der Waals surface area contributed by atoms with Gasteiger partial charge in [0.15, 0.2) is 11.5 Å². The summed E-state index contributed by atoms with van der Waals surface area (Å²) in [7, 11) is 0. The third kappa shape index (κ3) is 2.98. The average molecular weight is 404 g/mol. The molecule has 0 radical (unpaired) electrons. The van der Waals surface area contributed by atoms with E-state index in [0.29, 0.717) is 27.2 Å². The quantitative estimate of drug-likeness (QED) is 0.716. The Kier molecular flexibility index (Phi) is 3.91. The number of hydrogen-bond acceptors (Lipinski definition) is 6. The molecule has 0 saturated heterocycles. The van der Waals surface area contributed by atoms with Crippen LogP contribution in [0, 0.1) is 0 Å². The Morgan fingerprint density at radius 1 is 1.08 bits per heavy atom. The zero-order valence-electron chi connectivity index (χ0n) is 12.2. The van der Waals surface area contributed by atoms with Crippen molar-refractivity contribution in [2.45, 2.75) is 0 Å². The molecule has 8 heteroatoms. The third-order valence-corrected chi connectivity index (χ3v) is 4.79. The SMILES string of the molecule is O=C(Nc1nnc(-c2ccc3c(c2)OCO3)s1)c1ccc(Br)cc1. The van der Waals surface area contributed by atoms with E-state index >= 15 is 0 Å². The van der Waals surface area contributed by atoms with E-state index in [2.05, 4.69) is 31.4 Å². The van der Waals surface area contributed by atoms with Gasteiger partial charge in [-0.15, -0.1) is 10.2 Å². The predicted molar refractivity (Wildman–Crippen MR) is 93.6 cm³/mol. The maximum absolute atomic E-state index is 12.2. The molecular formula is C16H10BrN3O3S. The summed E-state index contributed by atoms with van der Waals surface area (Å²) in [6.45, 7) is 0.226. The Balaban J connectivity index is 1.52. The molecule has 1 N–H and O–H groups in total. The Hall–Kier alpha value is -2.45. The van der Waals surface area contributed by atoms with Crippen molar-refractivity contribution in [3.05, 3.63) is 52.5 Å². The molecule has 24 heavy (non-hydrogen) atoms. The molecule has 1 aliphatic rings. The van der Waals surface area contributed by atoms with Gasteiger partial charge in [-0.25, -0.2) is 0 Å². The normalized spacial score (nSPS) is 12.2. The van der Waals surface area contributed by atoms with Crippen LogP contribution in [0.2, 0.25) is 0 Å². The van der Waals surface area contributed by atoms with Gasteiger partial charge < -0.3 is 9.47 Å². The van der Waals surface area contributed by atoms with E-state index in [-0.39, 0.29) is 12.7 Å². The second-order valence-corrected chi connectivity index (χ2v) is 6.83. The lowest BCUT2D eigenvalue weighted by Crippen LogP contribution is -2.11. The van der Waals surface area contributed by atoms with Crippen molar-refractivity contribution in [1.29, 1.82) is 0 Å². The largest absolute Gasteiger partial charge is 0.454 e. The van der Waals surface area contributed by atoms with Crippen molar-refractivity contribution >= 4 is 38.3 Å². The van der Waals surface area contributed by atoms with Crippen LogP contribution in [0.5, 0.6) is 11.5 Å². The summed E-state index contributed by atoms with van der Waals surface area (Å²) in [5.74, 6) is 1.17. The fourth-order valence-corrected chi connectivity index (χ4v) is 3.19. The van der Waals surface area contributed by atoms with Crippen molar-refractivity contribution in [3.8, 4) is 22.1 Å². The fraction of sp³-hybridized carbons (Fsp3) is 0.0625. The second kappa shape index (κ2) is 6.21. The van der Waals surface area contributed by atoms with Gasteiger partial charge in [-0.2, -0.15) is 0 Å². The number of anilines is 1. The highest BCUT2D eigenvalue weighted by Gasteiger charge is 2.16. The molecule has 0 saturated carbocycles. The lowest BCUT2D eigenvalue weighted by molar-refractivity contribution is 0.102. The minimum atomic E-state index is -0.226. The predicted octanol–water partition coefficient (Wildman–Crippen LogP) is 3.95. The van der Waals surface area contributed by atoms with Gasteiger partial charge in [0.25, 0.3) is 5.91 Å². The number of amides is 1. The van der Waals surface area contributed by atoms with Crippen LogP contribution in [0.25, 0.3) is 10.6 Å². The molecule has 1 aromatic heterocycles. The zero-order chi connectivity index (χ0) is 16.5. The Bertz CT molecular complexity index is 911. The number of carbonyl (C=O) groups excluding carboxylic acids is 1. The molecule has 120 valence electrons. The first-order valence-corrected chi connectivity index (χ1v) is 8.60. The number of nitrogens with one attached hydrogen (secondary N) is 1. The molecule has 0 fully saturated rings. The number of hydrogen-bond donors (Lipinski definition) is 1. The lowest BCUT2D eigenvalue weighted by atomic mass is 10.2. The molecule has 6 nitrogen and oxygen atoms in total. The van der Waals surface area contributed by atoms with Gasteiger partial charge in [-0.1, -0.05) is 27.3 Å². The highest BCUT2D eigenvalue weighted by atomic mass is 79.9. The fourth-order valence-electron chi connectivity index (χ4n) is 2.19. The number of ether oxygens (including phenoxy) is 2.